The third-order valence-electron chi connectivity index (χ3n) is 4.86. The maximum absolute atomic E-state index is 13.1. The van der Waals surface area contributed by atoms with Gasteiger partial charge in [0.1, 0.15) is 5.75 Å². The number of hydrogen-bond donors (Lipinski definition) is 1. The first-order chi connectivity index (χ1) is 12.6. The number of phenols is 1. The van der Waals surface area contributed by atoms with Gasteiger partial charge in [0.05, 0.1) is 11.1 Å². The molecule has 132 valence electrons. The molecule has 2 aromatic carbocycles. The molecule has 0 aliphatic carbocycles. The van der Waals surface area contributed by atoms with Crippen LogP contribution in [0.3, 0.4) is 0 Å². The highest BCUT2D eigenvalue weighted by Gasteiger charge is 2.24. The Morgan fingerprint density at radius 3 is 2.42 bits per heavy atom. The molecule has 1 aromatic heterocycles. The lowest BCUT2D eigenvalue weighted by atomic mass is 10.1. The van der Waals surface area contributed by atoms with Crippen molar-refractivity contribution in [3.8, 4) is 5.75 Å². The Hall–Kier alpha value is -3.08. The molecule has 1 aliphatic rings. The van der Waals surface area contributed by atoms with Crippen LogP contribution in [0.1, 0.15) is 16.1 Å². The first-order valence-electron chi connectivity index (χ1n) is 8.81. The number of para-hydroxylation sites is 1. The quantitative estimate of drug-likeness (QED) is 0.773. The molecule has 0 saturated carbocycles. The molecule has 0 spiro atoms. The number of benzene rings is 2. The molecule has 26 heavy (non-hydrogen) atoms. The number of aryl methyl sites for hydroxylation is 1. The summed E-state index contributed by atoms with van der Waals surface area (Å²) in [6.07, 6.45) is 0. The monoisotopic (exact) mass is 347 g/mol. The van der Waals surface area contributed by atoms with E-state index in [-0.39, 0.29) is 11.7 Å². The van der Waals surface area contributed by atoms with Gasteiger partial charge in [0, 0.05) is 42.9 Å². The number of fused-ring (bicyclic) bond motifs is 1. The van der Waals surface area contributed by atoms with Crippen LogP contribution >= 0.6 is 0 Å². The van der Waals surface area contributed by atoms with Gasteiger partial charge in [-0.2, -0.15) is 0 Å². The molecule has 5 nitrogen and oxygen atoms in total. The van der Waals surface area contributed by atoms with Crippen molar-refractivity contribution in [2.75, 3.05) is 31.1 Å². The average Bonchev–Trinajstić information content (AvgIpc) is 2.67. The minimum atomic E-state index is 0.0667. The lowest BCUT2D eigenvalue weighted by Gasteiger charge is -2.36. The van der Waals surface area contributed by atoms with Gasteiger partial charge in [-0.05, 0) is 43.3 Å². The Balaban J connectivity index is 1.53. The maximum Gasteiger partial charge on any atom is 0.254 e. The predicted octanol–water partition coefficient (Wildman–Crippen LogP) is 3.21. The van der Waals surface area contributed by atoms with Gasteiger partial charge in [-0.3, -0.25) is 9.78 Å². The molecule has 1 aliphatic heterocycles. The maximum atomic E-state index is 13.1. The number of carbonyl (C=O) groups excluding carboxylic acids is 1. The van der Waals surface area contributed by atoms with Crippen LogP contribution in [-0.4, -0.2) is 47.1 Å². The Bertz CT molecular complexity index is 945. The van der Waals surface area contributed by atoms with Gasteiger partial charge < -0.3 is 14.9 Å². The number of piperazine rings is 1. The predicted molar refractivity (Wildman–Crippen MR) is 103 cm³/mol. The molecule has 1 saturated heterocycles. The summed E-state index contributed by atoms with van der Waals surface area (Å²) in [5, 5.41) is 10.3. The van der Waals surface area contributed by atoms with E-state index < -0.39 is 0 Å². The van der Waals surface area contributed by atoms with Crippen LogP contribution in [0.25, 0.3) is 10.9 Å². The lowest BCUT2D eigenvalue weighted by Crippen LogP contribution is -2.48. The fourth-order valence-corrected chi connectivity index (χ4v) is 3.49. The number of hydrogen-bond acceptors (Lipinski definition) is 4. The smallest absolute Gasteiger partial charge is 0.254 e. The Morgan fingerprint density at radius 1 is 1.00 bits per heavy atom. The topological polar surface area (TPSA) is 56.7 Å². The highest BCUT2D eigenvalue weighted by atomic mass is 16.3. The van der Waals surface area contributed by atoms with Crippen LogP contribution in [0.2, 0.25) is 0 Å². The van der Waals surface area contributed by atoms with E-state index in [2.05, 4.69) is 9.88 Å². The van der Waals surface area contributed by atoms with Gasteiger partial charge in [0.15, 0.2) is 0 Å². The summed E-state index contributed by atoms with van der Waals surface area (Å²) in [5.41, 5.74) is 3.51. The molecule has 2 heterocycles. The van der Waals surface area contributed by atoms with Crippen LogP contribution in [0.5, 0.6) is 5.75 Å². The molecule has 0 bridgehead atoms. The first-order valence-corrected chi connectivity index (χ1v) is 8.81. The number of aromatic nitrogens is 1. The summed E-state index contributed by atoms with van der Waals surface area (Å²) < 4.78 is 0. The summed E-state index contributed by atoms with van der Waals surface area (Å²) in [7, 11) is 0. The van der Waals surface area contributed by atoms with Crippen molar-refractivity contribution in [1.29, 1.82) is 0 Å². The van der Waals surface area contributed by atoms with E-state index in [4.69, 9.17) is 0 Å². The van der Waals surface area contributed by atoms with Crippen molar-refractivity contribution in [3.05, 3.63) is 65.9 Å². The number of aromatic hydroxyl groups is 1. The second-order valence-corrected chi connectivity index (χ2v) is 6.62. The van der Waals surface area contributed by atoms with E-state index >= 15 is 0 Å². The normalized spacial score (nSPS) is 14.7. The number of phenolic OH excluding ortho intramolecular Hbond substituents is 1. The second-order valence-electron chi connectivity index (χ2n) is 6.62. The largest absolute Gasteiger partial charge is 0.508 e. The number of rotatable bonds is 2. The van der Waals surface area contributed by atoms with Crippen molar-refractivity contribution in [2.45, 2.75) is 6.92 Å². The highest BCUT2D eigenvalue weighted by molar-refractivity contribution is 6.06. The van der Waals surface area contributed by atoms with Gasteiger partial charge in [-0.1, -0.05) is 18.2 Å². The van der Waals surface area contributed by atoms with Crippen LogP contribution in [-0.2, 0) is 0 Å². The zero-order chi connectivity index (χ0) is 18.1. The summed E-state index contributed by atoms with van der Waals surface area (Å²) >= 11 is 0. The van der Waals surface area contributed by atoms with Gasteiger partial charge in [0.2, 0.25) is 0 Å². The van der Waals surface area contributed by atoms with E-state index in [1.807, 2.05) is 54.3 Å². The van der Waals surface area contributed by atoms with E-state index in [1.165, 1.54) is 0 Å². The van der Waals surface area contributed by atoms with Gasteiger partial charge in [0.25, 0.3) is 5.91 Å². The molecular formula is C21H21N3O2. The van der Waals surface area contributed by atoms with Crippen molar-refractivity contribution in [1.82, 2.24) is 9.88 Å². The number of pyridine rings is 1. The number of carbonyl (C=O) groups is 1. The first kappa shape index (κ1) is 16.4. The molecule has 1 fully saturated rings. The zero-order valence-electron chi connectivity index (χ0n) is 14.7. The van der Waals surface area contributed by atoms with Crippen LogP contribution in [0.4, 0.5) is 5.69 Å². The van der Waals surface area contributed by atoms with Crippen LogP contribution in [0.15, 0.2) is 54.6 Å². The molecular weight excluding hydrogens is 326 g/mol. The van der Waals surface area contributed by atoms with E-state index in [0.29, 0.717) is 13.1 Å². The van der Waals surface area contributed by atoms with Crippen molar-refractivity contribution in [2.24, 2.45) is 0 Å². The second kappa shape index (κ2) is 6.67. The number of amides is 1. The number of anilines is 1. The SMILES string of the molecule is Cc1cc(C(=O)N2CCN(c3ccc(O)cc3)CC2)c2ccccc2n1. The third kappa shape index (κ3) is 3.08. The number of nitrogens with zero attached hydrogens (tertiary/aromatic N) is 3. The highest BCUT2D eigenvalue weighted by Crippen LogP contribution is 2.23. The molecule has 0 radical (unpaired) electrons. The summed E-state index contributed by atoms with van der Waals surface area (Å²) in [4.78, 5) is 21.8. The van der Waals surface area contributed by atoms with E-state index in [1.54, 1.807) is 12.1 Å². The molecule has 0 unspecified atom stereocenters. The van der Waals surface area contributed by atoms with Gasteiger partial charge >= 0.3 is 0 Å². The molecule has 0 atom stereocenters. The molecule has 1 N–H and O–H groups in total. The minimum absolute atomic E-state index is 0.0667. The zero-order valence-corrected chi connectivity index (χ0v) is 14.7. The molecule has 4 rings (SSSR count). The summed E-state index contributed by atoms with van der Waals surface area (Å²) in [6.45, 7) is 4.83. The average molecular weight is 347 g/mol. The Morgan fingerprint density at radius 2 is 1.69 bits per heavy atom. The van der Waals surface area contributed by atoms with Crippen LogP contribution in [0, 0.1) is 6.92 Å². The lowest BCUT2D eigenvalue weighted by molar-refractivity contribution is 0.0748. The van der Waals surface area contributed by atoms with Crippen molar-refractivity contribution < 1.29 is 9.90 Å². The summed E-state index contributed by atoms with van der Waals surface area (Å²) in [6, 6.07) is 16.9. The van der Waals surface area contributed by atoms with Crippen molar-refractivity contribution in [3.63, 3.8) is 0 Å². The fraction of sp³-hybridized carbons (Fsp3) is 0.238. The molecule has 5 heteroatoms. The third-order valence-corrected chi connectivity index (χ3v) is 4.86. The minimum Gasteiger partial charge on any atom is -0.508 e. The van der Waals surface area contributed by atoms with Gasteiger partial charge in [-0.25, -0.2) is 0 Å². The fourth-order valence-electron chi connectivity index (χ4n) is 3.49. The Kier molecular flexibility index (Phi) is 4.21. The van der Waals surface area contributed by atoms with E-state index in [9.17, 15) is 9.90 Å². The summed E-state index contributed by atoms with van der Waals surface area (Å²) in [5.74, 6) is 0.333. The molecule has 3 aromatic rings. The molecule has 1 amide bonds. The standard InChI is InChI=1S/C21H21N3O2/c1-15-14-19(18-4-2-3-5-20(18)22-15)21(26)24-12-10-23(11-13-24)16-6-8-17(25)9-7-16/h2-9,14,25H,10-13H2,1H3. The Labute approximate surface area is 152 Å². The van der Waals surface area contributed by atoms with Crippen LogP contribution < -0.4 is 4.90 Å². The van der Waals surface area contributed by atoms with Gasteiger partial charge in [-0.15, -0.1) is 0 Å². The van der Waals surface area contributed by atoms with E-state index in [0.717, 1.165) is 40.9 Å². The van der Waals surface area contributed by atoms with Crippen molar-refractivity contribution >= 4 is 22.5 Å².